The maximum atomic E-state index is 12.5. The summed E-state index contributed by atoms with van der Waals surface area (Å²) in [5.74, 6) is 0.909. The first-order chi connectivity index (χ1) is 13.3. The maximum absolute atomic E-state index is 12.5. The van der Waals surface area contributed by atoms with E-state index in [0.29, 0.717) is 11.7 Å². The molecule has 1 amide bonds. The minimum absolute atomic E-state index is 0.0534. The van der Waals surface area contributed by atoms with Gasteiger partial charge in [-0.25, -0.2) is 9.97 Å². The molecule has 2 aromatic rings. The Morgan fingerprint density at radius 3 is 2.63 bits per heavy atom. The standard InChI is InChI=1S/C20H26N4O2S/c25-19(22-16-5-3-1-2-4-6-16)17-14-27-20(23-17)15-7-8-18(21-13-15)24-9-11-26-12-10-24/h7-8,13-14,16H,1-6,9-12H2,(H,22,25). The number of anilines is 1. The normalized spacial score (nSPS) is 18.9. The highest BCUT2D eigenvalue weighted by Crippen LogP contribution is 2.25. The fraction of sp³-hybridized carbons (Fsp3) is 0.550. The van der Waals surface area contributed by atoms with Gasteiger partial charge in [-0.1, -0.05) is 25.7 Å². The van der Waals surface area contributed by atoms with Crippen LogP contribution in [0.4, 0.5) is 5.82 Å². The minimum atomic E-state index is -0.0534. The molecule has 0 atom stereocenters. The molecule has 0 bridgehead atoms. The van der Waals surface area contributed by atoms with Crippen LogP contribution in [0, 0.1) is 0 Å². The number of nitrogens with one attached hydrogen (secondary N) is 1. The summed E-state index contributed by atoms with van der Waals surface area (Å²) in [6, 6.07) is 4.34. The average molecular weight is 387 g/mol. The molecule has 144 valence electrons. The smallest absolute Gasteiger partial charge is 0.270 e. The lowest BCUT2D eigenvalue weighted by atomic mass is 10.1. The fourth-order valence-electron chi connectivity index (χ4n) is 3.69. The van der Waals surface area contributed by atoms with E-state index in [9.17, 15) is 4.79 Å². The molecule has 2 aromatic heterocycles. The predicted octanol–water partition coefficient (Wildman–Crippen LogP) is 3.49. The van der Waals surface area contributed by atoms with Crippen molar-refractivity contribution in [1.29, 1.82) is 0 Å². The number of ether oxygens (including phenoxy) is 1. The van der Waals surface area contributed by atoms with Crippen molar-refractivity contribution in [1.82, 2.24) is 15.3 Å². The molecule has 2 aliphatic rings. The zero-order chi connectivity index (χ0) is 18.5. The lowest BCUT2D eigenvalue weighted by molar-refractivity contribution is 0.0929. The SMILES string of the molecule is O=C(NC1CCCCCC1)c1csc(-c2ccc(N3CCOCC3)nc2)n1. The number of morpholine rings is 1. The van der Waals surface area contributed by atoms with Gasteiger partial charge < -0.3 is 15.0 Å². The monoisotopic (exact) mass is 386 g/mol. The molecular weight excluding hydrogens is 360 g/mol. The van der Waals surface area contributed by atoms with E-state index in [2.05, 4.69) is 20.2 Å². The molecule has 6 nitrogen and oxygen atoms in total. The summed E-state index contributed by atoms with van der Waals surface area (Å²) in [5, 5.41) is 5.84. The summed E-state index contributed by atoms with van der Waals surface area (Å²) in [4.78, 5) is 23.9. The number of amides is 1. The molecule has 1 aliphatic carbocycles. The molecule has 1 N–H and O–H groups in total. The van der Waals surface area contributed by atoms with E-state index in [4.69, 9.17) is 4.74 Å². The number of hydrogen-bond donors (Lipinski definition) is 1. The van der Waals surface area contributed by atoms with E-state index in [0.717, 1.165) is 55.5 Å². The highest BCUT2D eigenvalue weighted by molar-refractivity contribution is 7.13. The Morgan fingerprint density at radius 1 is 1.15 bits per heavy atom. The number of nitrogens with zero attached hydrogens (tertiary/aromatic N) is 3. The van der Waals surface area contributed by atoms with Gasteiger partial charge in [-0.05, 0) is 25.0 Å². The molecule has 0 unspecified atom stereocenters. The van der Waals surface area contributed by atoms with Crippen LogP contribution in [0.3, 0.4) is 0 Å². The first-order valence-electron chi connectivity index (χ1n) is 9.85. The second kappa shape index (κ2) is 8.80. The van der Waals surface area contributed by atoms with Crippen molar-refractivity contribution < 1.29 is 9.53 Å². The highest BCUT2D eigenvalue weighted by atomic mass is 32.1. The highest BCUT2D eigenvalue weighted by Gasteiger charge is 2.18. The van der Waals surface area contributed by atoms with Crippen molar-refractivity contribution in [2.24, 2.45) is 0 Å². The Balaban J connectivity index is 1.40. The molecule has 0 aromatic carbocycles. The third-order valence-corrected chi connectivity index (χ3v) is 6.15. The van der Waals surface area contributed by atoms with Crippen molar-refractivity contribution >= 4 is 23.1 Å². The lowest BCUT2D eigenvalue weighted by Gasteiger charge is -2.27. The topological polar surface area (TPSA) is 67.4 Å². The Labute approximate surface area is 164 Å². The number of thiazole rings is 1. The van der Waals surface area contributed by atoms with E-state index in [1.165, 1.54) is 37.0 Å². The largest absolute Gasteiger partial charge is 0.378 e. The quantitative estimate of drug-likeness (QED) is 0.815. The lowest BCUT2D eigenvalue weighted by Crippen LogP contribution is -2.36. The Morgan fingerprint density at radius 2 is 1.93 bits per heavy atom. The third kappa shape index (κ3) is 4.65. The summed E-state index contributed by atoms with van der Waals surface area (Å²) >= 11 is 1.49. The molecular formula is C20H26N4O2S. The zero-order valence-electron chi connectivity index (χ0n) is 15.5. The Kier molecular flexibility index (Phi) is 5.99. The Hall–Kier alpha value is -1.99. The van der Waals surface area contributed by atoms with Crippen molar-refractivity contribution in [2.45, 2.75) is 44.6 Å². The van der Waals surface area contributed by atoms with Gasteiger partial charge >= 0.3 is 0 Å². The van der Waals surface area contributed by atoms with Gasteiger partial charge in [0.1, 0.15) is 16.5 Å². The van der Waals surface area contributed by atoms with Crippen molar-refractivity contribution in [3.8, 4) is 10.6 Å². The van der Waals surface area contributed by atoms with Crippen LogP contribution in [-0.4, -0.2) is 48.2 Å². The van der Waals surface area contributed by atoms with Crippen LogP contribution >= 0.6 is 11.3 Å². The van der Waals surface area contributed by atoms with Crippen LogP contribution < -0.4 is 10.2 Å². The van der Waals surface area contributed by atoms with Gasteiger partial charge in [0, 0.05) is 36.3 Å². The van der Waals surface area contributed by atoms with E-state index in [1.54, 1.807) is 0 Å². The number of carbonyl (C=O) groups excluding carboxylic acids is 1. The Bertz CT molecular complexity index is 748. The van der Waals surface area contributed by atoms with Crippen LogP contribution in [0.25, 0.3) is 10.6 Å². The minimum Gasteiger partial charge on any atom is -0.378 e. The predicted molar refractivity (Wildman–Crippen MR) is 107 cm³/mol. The molecule has 1 saturated carbocycles. The van der Waals surface area contributed by atoms with E-state index in [-0.39, 0.29) is 5.91 Å². The van der Waals surface area contributed by atoms with Gasteiger partial charge in [-0.15, -0.1) is 11.3 Å². The van der Waals surface area contributed by atoms with Gasteiger partial charge in [-0.2, -0.15) is 0 Å². The summed E-state index contributed by atoms with van der Waals surface area (Å²) in [5.41, 5.74) is 1.46. The van der Waals surface area contributed by atoms with Crippen molar-refractivity contribution in [3.05, 3.63) is 29.4 Å². The molecule has 0 radical (unpaired) electrons. The first-order valence-corrected chi connectivity index (χ1v) is 10.7. The second-order valence-corrected chi connectivity index (χ2v) is 8.06. The molecule has 27 heavy (non-hydrogen) atoms. The third-order valence-electron chi connectivity index (χ3n) is 5.26. The zero-order valence-corrected chi connectivity index (χ0v) is 16.3. The van der Waals surface area contributed by atoms with Crippen LogP contribution in [0.5, 0.6) is 0 Å². The van der Waals surface area contributed by atoms with Crippen molar-refractivity contribution in [2.75, 3.05) is 31.2 Å². The van der Waals surface area contributed by atoms with Gasteiger partial charge in [0.05, 0.1) is 13.2 Å². The van der Waals surface area contributed by atoms with Crippen LogP contribution in [0.15, 0.2) is 23.7 Å². The van der Waals surface area contributed by atoms with E-state index in [1.807, 2.05) is 23.7 Å². The second-order valence-electron chi connectivity index (χ2n) is 7.20. The van der Waals surface area contributed by atoms with Gasteiger partial charge in [0.2, 0.25) is 0 Å². The van der Waals surface area contributed by atoms with Crippen molar-refractivity contribution in [3.63, 3.8) is 0 Å². The molecule has 1 aliphatic heterocycles. The summed E-state index contributed by atoms with van der Waals surface area (Å²) in [7, 11) is 0. The summed E-state index contributed by atoms with van der Waals surface area (Å²) in [6.07, 6.45) is 8.96. The molecule has 7 heteroatoms. The number of carbonyl (C=O) groups is 1. The van der Waals surface area contributed by atoms with Crippen LogP contribution in [-0.2, 0) is 4.74 Å². The molecule has 4 rings (SSSR count). The van der Waals surface area contributed by atoms with Gasteiger partial charge in [0.15, 0.2) is 0 Å². The molecule has 3 heterocycles. The number of aromatic nitrogens is 2. The molecule has 0 spiro atoms. The molecule has 1 saturated heterocycles. The van der Waals surface area contributed by atoms with Gasteiger partial charge in [0.25, 0.3) is 5.91 Å². The van der Waals surface area contributed by atoms with E-state index < -0.39 is 0 Å². The number of pyridine rings is 1. The number of rotatable bonds is 4. The maximum Gasteiger partial charge on any atom is 0.270 e. The van der Waals surface area contributed by atoms with Gasteiger partial charge in [-0.3, -0.25) is 4.79 Å². The van der Waals surface area contributed by atoms with E-state index >= 15 is 0 Å². The fourth-order valence-corrected chi connectivity index (χ4v) is 4.48. The van der Waals surface area contributed by atoms with Crippen LogP contribution in [0.1, 0.15) is 49.0 Å². The number of hydrogen-bond acceptors (Lipinski definition) is 6. The average Bonchev–Trinajstić information content (AvgIpc) is 3.08. The first kappa shape index (κ1) is 18.4. The summed E-state index contributed by atoms with van der Waals surface area (Å²) < 4.78 is 5.39. The summed E-state index contributed by atoms with van der Waals surface area (Å²) in [6.45, 7) is 3.23. The molecule has 2 fully saturated rings. The van der Waals surface area contributed by atoms with Crippen LogP contribution in [0.2, 0.25) is 0 Å².